The Labute approximate surface area is 149 Å². The molecular weight excluding hydrogens is 344 g/mol. The fraction of sp³-hybridized carbons (Fsp3) is 0.588. The Hall–Kier alpha value is -1.96. The quantitative estimate of drug-likeness (QED) is 0.732. The highest BCUT2D eigenvalue weighted by molar-refractivity contribution is 7.92. The largest absolute Gasteiger partial charge is 0.493 e. The van der Waals surface area contributed by atoms with Gasteiger partial charge in [0.25, 0.3) is 0 Å². The van der Waals surface area contributed by atoms with Crippen LogP contribution in [0.5, 0.6) is 11.5 Å². The van der Waals surface area contributed by atoms with Crippen LogP contribution in [0.2, 0.25) is 0 Å². The molecule has 1 saturated carbocycles. The number of benzene rings is 1. The number of amides is 1. The van der Waals surface area contributed by atoms with Crippen molar-refractivity contribution in [2.45, 2.75) is 31.7 Å². The minimum Gasteiger partial charge on any atom is -0.493 e. The normalized spacial score (nSPS) is 15.0. The van der Waals surface area contributed by atoms with Gasteiger partial charge in [-0.2, -0.15) is 0 Å². The first-order chi connectivity index (χ1) is 11.8. The third-order valence-corrected chi connectivity index (χ3v) is 5.74. The van der Waals surface area contributed by atoms with Crippen LogP contribution in [0.4, 0.5) is 5.69 Å². The van der Waals surface area contributed by atoms with Gasteiger partial charge < -0.3 is 14.4 Å². The van der Waals surface area contributed by atoms with Crippen LogP contribution in [0.3, 0.4) is 0 Å². The predicted octanol–water partition coefficient (Wildman–Crippen LogP) is 1.87. The molecule has 0 saturated heterocycles. The summed E-state index contributed by atoms with van der Waals surface area (Å²) in [6, 6.07) is 4.98. The fourth-order valence-electron chi connectivity index (χ4n) is 3.11. The Morgan fingerprint density at radius 1 is 1.16 bits per heavy atom. The number of carbonyl (C=O) groups excluding carboxylic acids is 1. The molecule has 1 aliphatic rings. The molecule has 0 heterocycles. The smallest absolute Gasteiger partial charge is 0.243 e. The zero-order valence-corrected chi connectivity index (χ0v) is 16.0. The van der Waals surface area contributed by atoms with Crippen molar-refractivity contribution < 1.29 is 22.7 Å². The molecule has 1 fully saturated rings. The summed E-state index contributed by atoms with van der Waals surface area (Å²) in [5, 5.41) is 0. The number of carbonyl (C=O) groups is 1. The van der Waals surface area contributed by atoms with E-state index in [9.17, 15) is 13.2 Å². The van der Waals surface area contributed by atoms with Crippen molar-refractivity contribution >= 4 is 21.6 Å². The number of anilines is 1. The Morgan fingerprint density at radius 2 is 1.76 bits per heavy atom. The first kappa shape index (κ1) is 19.4. The van der Waals surface area contributed by atoms with Gasteiger partial charge in [0.1, 0.15) is 6.54 Å². The number of methoxy groups -OCH3 is 2. The van der Waals surface area contributed by atoms with Crippen LogP contribution in [-0.4, -0.2) is 59.3 Å². The molecule has 0 N–H and O–H groups in total. The van der Waals surface area contributed by atoms with Crippen LogP contribution in [-0.2, 0) is 14.8 Å². The van der Waals surface area contributed by atoms with E-state index in [1.54, 1.807) is 30.1 Å². The summed E-state index contributed by atoms with van der Waals surface area (Å²) in [5.74, 6) is 0.687. The SMILES string of the molecule is COc1ccc(N(CC(=O)N(C)C2CCCC2)S(C)(=O)=O)cc1OC. The number of likely N-dealkylation sites (N-methyl/N-ethyl adjacent to an activating group) is 1. The first-order valence-electron chi connectivity index (χ1n) is 8.23. The molecular formula is C17H26N2O5S. The fourth-order valence-corrected chi connectivity index (χ4v) is 3.95. The number of hydrogen-bond acceptors (Lipinski definition) is 5. The summed E-state index contributed by atoms with van der Waals surface area (Å²) in [6.07, 6.45) is 5.24. The van der Waals surface area contributed by atoms with E-state index in [1.165, 1.54) is 14.2 Å². The van der Waals surface area contributed by atoms with Gasteiger partial charge in [-0.15, -0.1) is 0 Å². The molecule has 0 unspecified atom stereocenters. The van der Waals surface area contributed by atoms with E-state index in [-0.39, 0.29) is 18.5 Å². The van der Waals surface area contributed by atoms with Gasteiger partial charge in [0.05, 0.1) is 26.2 Å². The summed E-state index contributed by atoms with van der Waals surface area (Å²) < 4.78 is 36.0. The zero-order valence-electron chi connectivity index (χ0n) is 15.2. The molecule has 0 radical (unpaired) electrons. The number of nitrogens with zero attached hydrogens (tertiary/aromatic N) is 2. The number of ether oxygens (including phenoxy) is 2. The highest BCUT2D eigenvalue weighted by Crippen LogP contribution is 2.32. The molecule has 7 nitrogen and oxygen atoms in total. The summed E-state index contributed by atoms with van der Waals surface area (Å²) >= 11 is 0. The molecule has 1 amide bonds. The van der Waals surface area contributed by atoms with Crippen molar-refractivity contribution in [3.8, 4) is 11.5 Å². The lowest BCUT2D eigenvalue weighted by Gasteiger charge is -2.28. The van der Waals surface area contributed by atoms with Crippen molar-refractivity contribution in [1.82, 2.24) is 4.90 Å². The van der Waals surface area contributed by atoms with E-state index >= 15 is 0 Å². The Morgan fingerprint density at radius 3 is 2.28 bits per heavy atom. The molecule has 25 heavy (non-hydrogen) atoms. The lowest BCUT2D eigenvalue weighted by molar-refractivity contribution is -0.130. The summed E-state index contributed by atoms with van der Waals surface area (Å²) in [4.78, 5) is 14.3. The monoisotopic (exact) mass is 370 g/mol. The predicted molar refractivity (Wildman–Crippen MR) is 96.8 cm³/mol. The van der Waals surface area contributed by atoms with Crippen LogP contribution in [0.15, 0.2) is 18.2 Å². The maximum atomic E-state index is 12.6. The maximum absolute atomic E-state index is 12.6. The second-order valence-corrected chi connectivity index (χ2v) is 8.16. The van der Waals surface area contributed by atoms with Gasteiger partial charge in [-0.3, -0.25) is 9.10 Å². The van der Waals surface area contributed by atoms with Gasteiger partial charge >= 0.3 is 0 Å². The van der Waals surface area contributed by atoms with E-state index in [0.29, 0.717) is 17.2 Å². The lowest BCUT2D eigenvalue weighted by atomic mass is 10.2. The molecule has 0 aromatic heterocycles. The summed E-state index contributed by atoms with van der Waals surface area (Å²) in [7, 11) is 1.10. The molecule has 0 spiro atoms. The molecule has 1 aromatic rings. The molecule has 1 aliphatic carbocycles. The van der Waals surface area contributed by atoms with Gasteiger partial charge in [-0.1, -0.05) is 12.8 Å². The van der Waals surface area contributed by atoms with Gasteiger partial charge in [0.2, 0.25) is 15.9 Å². The van der Waals surface area contributed by atoms with Crippen LogP contribution >= 0.6 is 0 Å². The van der Waals surface area contributed by atoms with E-state index in [1.807, 2.05) is 0 Å². The van der Waals surface area contributed by atoms with Crippen molar-refractivity contribution in [1.29, 1.82) is 0 Å². The lowest BCUT2D eigenvalue weighted by Crippen LogP contribution is -2.44. The van der Waals surface area contributed by atoms with Crippen molar-refractivity contribution in [2.75, 3.05) is 38.4 Å². The first-order valence-corrected chi connectivity index (χ1v) is 10.1. The molecule has 0 atom stereocenters. The van der Waals surface area contributed by atoms with E-state index in [4.69, 9.17) is 9.47 Å². The Balaban J connectivity index is 2.26. The van der Waals surface area contributed by atoms with Crippen molar-refractivity contribution in [3.63, 3.8) is 0 Å². The van der Waals surface area contributed by atoms with Gasteiger partial charge in [0.15, 0.2) is 11.5 Å². The Bertz CT molecular complexity index is 714. The second-order valence-electron chi connectivity index (χ2n) is 6.25. The van der Waals surface area contributed by atoms with Crippen LogP contribution < -0.4 is 13.8 Å². The second kappa shape index (κ2) is 7.95. The highest BCUT2D eigenvalue weighted by atomic mass is 32.2. The maximum Gasteiger partial charge on any atom is 0.243 e. The Kier molecular flexibility index (Phi) is 6.16. The number of hydrogen-bond donors (Lipinski definition) is 0. The van der Waals surface area contributed by atoms with Gasteiger partial charge in [-0.25, -0.2) is 8.42 Å². The van der Waals surface area contributed by atoms with Crippen molar-refractivity contribution in [3.05, 3.63) is 18.2 Å². The molecule has 0 bridgehead atoms. The molecule has 140 valence electrons. The molecule has 0 aliphatic heterocycles. The van der Waals surface area contributed by atoms with Crippen LogP contribution in [0.25, 0.3) is 0 Å². The standard InChI is InChI=1S/C17H26N2O5S/c1-18(13-7-5-6-8-13)17(20)12-19(25(4,21)22)14-9-10-15(23-2)16(11-14)24-3/h9-11,13H,5-8,12H2,1-4H3. The average Bonchev–Trinajstić information content (AvgIpc) is 3.11. The topological polar surface area (TPSA) is 76.2 Å². The zero-order chi connectivity index (χ0) is 18.6. The molecule has 8 heteroatoms. The minimum atomic E-state index is -3.63. The van der Waals surface area contributed by atoms with Gasteiger partial charge in [0, 0.05) is 19.2 Å². The minimum absolute atomic E-state index is 0.194. The summed E-state index contributed by atoms with van der Waals surface area (Å²) in [6.45, 7) is -0.235. The molecule has 2 rings (SSSR count). The van der Waals surface area contributed by atoms with E-state index in [2.05, 4.69) is 0 Å². The van der Waals surface area contributed by atoms with Crippen LogP contribution in [0, 0.1) is 0 Å². The van der Waals surface area contributed by atoms with E-state index < -0.39 is 10.0 Å². The average molecular weight is 370 g/mol. The van der Waals surface area contributed by atoms with E-state index in [0.717, 1.165) is 36.2 Å². The number of rotatable bonds is 7. The highest BCUT2D eigenvalue weighted by Gasteiger charge is 2.28. The third-order valence-electron chi connectivity index (χ3n) is 4.60. The van der Waals surface area contributed by atoms with Crippen LogP contribution in [0.1, 0.15) is 25.7 Å². The molecule has 1 aromatic carbocycles. The number of sulfonamides is 1. The third kappa shape index (κ3) is 4.56. The van der Waals surface area contributed by atoms with Gasteiger partial charge in [-0.05, 0) is 25.0 Å². The summed E-state index contributed by atoms with van der Waals surface area (Å²) in [5.41, 5.74) is 0.369. The van der Waals surface area contributed by atoms with Crippen molar-refractivity contribution in [2.24, 2.45) is 0 Å².